The van der Waals surface area contributed by atoms with E-state index in [0.29, 0.717) is 22.2 Å². The molecule has 0 aliphatic rings. The Morgan fingerprint density at radius 2 is 2.20 bits per heavy atom. The Morgan fingerprint density at radius 1 is 1.40 bits per heavy atom. The van der Waals surface area contributed by atoms with E-state index in [-0.39, 0.29) is 0 Å². The van der Waals surface area contributed by atoms with Crippen LogP contribution < -0.4 is 4.74 Å². The number of aromatic nitrogens is 1. The SMILES string of the molecule is COc1cccc(Cl)c1-c1ncc(C)o1. The molecule has 0 aliphatic carbocycles. The molecule has 0 spiro atoms. The molecule has 0 saturated carbocycles. The molecule has 0 bridgehead atoms. The Hall–Kier alpha value is -1.48. The third-order valence-corrected chi connectivity index (χ3v) is 2.35. The van der Waals surface area contributed by atoms with E-state index in [0.717, 1.165) is 5.76 Å². The van der Waals surface area contributed by atoms with Crippen molar-refractivity contribution in [2.75, 3.05) is 7.11 Å². The lowest BCUT2D eigenvalue weighted by atomic mass is 10.2. The lowest BCUT2D eigenvalue weighted by molar-refractivity contribution is 0.414. The molecule has 0 atom stereocenters. The summed E-state index contributed by atoms with van der Waals surface area (Å²) in [5, 5.41) is 0.566. The minimum Gasteiger partial charge on any atom is -0.496 e. The van der Waals surface area contributed by atoms with Crippen molar-refractivity contribution in [2.45, 2.75) is 6.92 Å². The molecule has 3 nitrogen and oxygen atoms in total. The van der Waals surface area contributed by atoms with E-state index < -0.39 is 0 Å². The molecule has 78 valence electrons. The molecule has 2 aromatic rings. The molecule has 0 fully saturated rings. The van der Waals surface area contributed by atoms with E-state index in [1.807, 2.05) is 19.1 Å². The van der Waals surface area contributed by atoms with Gasteiger partial charge in [0.1, 0.15) is 11.5 Å². The average Bonchev–Trinajstić information content (AvgIpc) is 2.64. The molecule has 0 saturated heterocycles. The number of nitrogens with zero attached hydrogens (tertiary/aromatic N) is 1. The maximum Gasteiger partial charge on any atom is 0.231 e. The molecule has 2 rings (SSSR count). The summed E-state index contributed by atoms with van der Waals surface area (Å²) in [4.78, 5) is 4.12. The van der Waals surface area contributed by atoms with Crippen molar-refractivity contribution in [3.8, 4) is 17.2 Å². The van der Waals surface area contributed by atoms with E-state index >= 15 is 0 Å². The van der Waals surface area contributed by atoms with Crippen molar-refractivity contribution in [2.24, 2.45) is 0 Å². The molecule has 15 heavy (non-hydrogen) atoms. The van der Waals surface area contributed by atoms with Gasteiger partial charge < -0.3 is 9.15 Å². The number of ether oxygens (including phenoxy) is 1. The Kier molecular flexibility index (Phi) is 2.64. The molecule has 1 heterocycles. The van der Waals surface area contributed by atoms with Crippen LogP contribution in [0.1, 0.15) is 5.76 Å². The second kappa shape index (κ2) is 3.95. The van der Waals surface area contributed by atoms with E-state index in [1.165, 1.54) is 0 Å². The minimum atomic E-state index is 0.481. The number of oxazole rings is 1. The average molecular weight is 224 g/mol. The van der Waals surface area contributed by atoms with Crippen LogP contribution in [0.2, 0.25) is 5.02 Å². The van der Waals surface area contributed by atoms with Gasteiger partial charge in [0.15, 0.2) is 0 Å². The van der Waals surface area contributed by atoms with Crippen molar-refractivity contribution >= 4 is 11.6 Å². The molecule has 0 aliphatic heterocycles. The summed E-state index contributed by atoms with van der Waals surface area (Å²) in [7, 11) is 1.59. The first-order chi connectivity index (χ1) is 7.22. The van der Waals surface area contributed by atoms with E-state index in [2.05, 4.69) is 4.98 Å². The highest BCUT2D eigenvalue weighted by atomic mass is 35.5. The predicted molar refractivity (Wildman–Crippen MR) is 58.2 cm³/mol. The summed E-state index contributed by atoms with van der Waals surface area (Å²) in [6.07, 6.45) is 1.65. The summed E-state index contributed by atoms with van der Waals surface area (Å²) in [5.74, 6) is 1.88. The topological polar surface area (TPSA) is 35.3 Å². The third kappa shape index (κ3) is 1.83. The minimum absolute atomic E-state index is 0.481. The van der Waals surface area contributed by atoms with Crippen LogP contribution in [-0.2, 0) is 0 Å². The predicted octanol–water partition coefficient (Wildman–Crippen LogP) is 3.31. The normalized spacial score (nSPS) is 10.3. The van der Waals surface area contributed by atoms with Crippen LogP contribution in [0.15, 0.2) is 28.8 Å². The first kappa shape index (κ1) is 10.1. The number of aryl methyl sites for hydroxylation is 1. The lowest BCUT2D eigenvalue weighted by Crippen LogP contribution is -1.88. The highest BCUT2D eigenvalue weighted by Gasteiger charge is 2.14. The largest absolute Gasteiger partial charge is 0.496 e. The van der Waals surface area contributed by atoms with Gasteiger partial charge in [-0.15, -0.1) is 0 Å². The molecular weight excluding hydrogens is 214 g/mol. The Bertz CT molecular complexity index is 479. The number of methoxy groups -OCH3 is 1. The zero-order valence-corrected chi connectivity index (χ0v) is 9.21. The summed E-state index contributed by atoms with van der Waals surface area (Å²) < 4.78 is 10.6. The van der Waals surface area contributed by atoms with Gasteiger partial charge in [0.25, 0.3) is 0 Å². The molecule has 0 radical (unpaired) electrons. The number of rotatable bonds is 2. The van der Waals surface area contributed by atoms with Gasteiger partial charge in [-0.3, -0.25) is 0 Å². The second-order valence-electron chi connectivity index (χ2n) is 3.09. The van der Waals surface area contributed by atoms with Gasteiger partial charge in [0.2, 0.25) is 5.89 Å². The van der Waals surface area contributed by atoms with Crippen LogP contribution in [0, 0.1) is 6.92 Å². The van der Waals surface area contributed by atoms with Crippen LogP contribution in [0.25, 0.3) is 11.5 Å². The van der Waals surface area contributed by atoms with Gasteiger partial charge in [-0.1, -0.05) is 17.7 Å². The molecule has 4 heteroatoms. The summed E-state index contributed by atoms with van der Waals surface area (Å²) >= 11 is 6.07. The highest BCUT2D eigenvalue weighted by molar-refractivity contribution is 6.33. The number of benzene rings is 1. The van der Waals surface area contributed by atoms with Gasteiger partial charge in [0, 0.05) is 0 Å². The third-order valence-electron chi connectivity index (χ3n) is 2.03. The second-order valence-corrected chi connectivity index (χ2v) is 3.50. The van der Waals surface area contributed by atoms with Crippen LogP contribution in [0.3, 0.4) is 0 Å². The van der Waals surface area contributed by atoms with Crippen molar-refractivity contribution in [3.05, 3.63) is 35.2 Å². The van der Waals surface area contributed by atoms with E-state index in [4.69, 9.17) is 20.8 Å². The monoisotopic (exact) mass is 223 g/mol. The maximum atomic E-state index is 6.07. The lowest BCUT2D eigenvalue weighted by Gasteiger charge is -2.06. The van der Waals surface area contributed by atoms with E-state index in [1.54, 1.807) is 19.4 Å². The fraction of sp³-hybridized carbons (Fsp3) is 0.182. The Labute approximate surface area is 92.6 Å². The Morgan fingerprint density at radius 3 is 2.80 bits per heavy atom. The summed E-state index contributed by atoms with van der Waals surface area (Å²) in [6, 6.07) is 5.42. The quantitative estimate of drug-likeness (QED) is 0.784. The molecule has 1 aromatic carbocycles. The van der Waals surface area contributed by atoms with Gasteiger partial charge in [0.05, 0.1) is 23.9 Å². The first-order valence-corrected chi connectivity index (χ1v) is 4.85. The Balaban J connectivity index is 2.60. The molecule has 0 N–H and O–H groups in total. The fourth-order valence-electron chi connectivity index (χ4n) is 1.35. The van der Waals surface area contributed by atoms with Crippen LogP contribution in [0.4, 0.5) is 0 Å². The van der Waals surface area contributed by atoms with E-state index in [9.17, 15) is 0 Å². The van der Waals surface area contributed by atoms with Crippen LogP contribution in [0.5, 0.6) is 5.75 Å². The van der Waals surface area contributed by atoms with Crippen molar-refractivity contribution < 1.29 is 9.15 Å². The van der Waals surface area contributed by atoms with Crippen molar-refractivity contribution in [3.63, 3.8) is 0 Å². The molecule has 1 aromatic heterocycles. The van der Waals surface area contributed by atoms with Crippen molar-refractivity contribution in [1.29, 1.82) is 0 Å². The smallest absolute Gasteiger partial charge is 0.231 e. The molecule has 0 amide bonds. The zero-order valence-electron chi connectivity index (χ0n) is 8.45. The summed E-state index contributed by atoms with van der Waals surface area (Å²) in [5.41, 5.74) is 0.690. The zero-order chi connectivity index (χ0) is 10.8. The van der Waals surface area contributed by atoms with Gasteiger partial charge >= 0.3 is 0 Å². The number of hydrogen-bond acceptors (Lipinski definition) is 3. The summed E-state index contributed by atoms with van der Waals surface area (Å²) in [6.45, 7) is 1.83. The first-order valence-electron chi connectivity index (χ1n) is 4.47. The number of halogens is 1. The van der Waals surface area contributed by atoms with Crippen LogP contribution in [-0.4, -0.2) is 12.1 Å². The van der Waals surface area contributed by atoms with Crippen LogP contribution >= 0.6 is 11.6 Å². The highest BCUT2D eigenvalue weighted by Crippen LogP contribution is 2.35. The fourth-order valence-corrected chi connectivity index (χ4v) is 1.60. The maximum absolute atomic E-state index is 6.07. The van der Waals surface area contributed by atoms with Crippen molar-refractivity contribution in [1.82, 2.24) is 4.98 Å². The van der Waals surface area contributed by atoms with Gasteiger partial charge in [-0.25, -0.2) is 4.98 Å². The van der Waals surface area contributed by atoms with Gasteiger partial charge in [-0.05, 0) is 19.1 Å². The molecule has 0 unspecified atom stereocenters. The van der Waals surface area contributed by atoms with Gasteiger partial charge in [-0.2, -0.15) is 0 Å². The standard InChI is InChI=1S/C11H10ClNO2/c1-7-6-13-11(15-7)10-8(12)4-3-5-9(10)14-2/h3-6H,1-2H3. The number of hydrogen-bond donors (Lipinski definition) is 0. The molecular formula is C11H10ClNO2.